The Morgan fingerprint density at radius 1 is 1.18 bits per heavy atom. The van der Waals surface area contributed by atoms with Gasteiger partial charge in [0.05, 0.1) is 13.7 Å². The van der Waals surface area contributed by atoms with Gasteiger partial charge in [-0.05, 0) is 31.2 Å². The van der Waals surface area contributed by atoms with E-state index < -0.39 is 0 Å². The maximum atomic E-state index is 11.0. The molecule has 1 aliphatic heterocycles. The molecule has 3 N–H and O–H groups in total. The van der Waals surface area contributed by atoms with Crippen LogP contribution in [-0.2, 0) is 6.42 Å². The third-order valence-electron chi connectivity index (χ3n) is 5.78. The van der Waals surface area contributed by atoms with Crippen molar-refractivity contribution in [1.82, 2.24) is 14.6 Å². The highest BCUT2D eigenvalue weighted by Crippen LogP contribution is 2.35. The predicted molar refractivity (Wildman–Crippen MR) is 109 cm³/mol. The van der Waals surface area contributed by atoms with E-state index in [1.54, 1.807) is 27.9 Å². The van der Waals surface area contributed by atoms with Crippen molar-refractivity contribution in [1.29, 1.82) is 0 Å². The van der Waals surface area contributed by atoms with Gasteiger partial charge in [0.1, 0.15) is 36.8 Å². The number of piperazine rings is 1. The molecule has 1 saturated heterocycles. The summed E-state index contributed by atoms with van der Waals surface area (Å²) in [7, 11) is 1.68. The van der Waals surface area contributed by atoms with Gasteiger partial charge in [0.25, 0.3) is 0 Å². The van der Waals surface area contributed by atoms with Gasteiger partial charge in [-0.3, -0.25) is 0 Å². The SMILES string of the molecule is CCc1nc2sc([C@@H](c3ccc(OC)cc3)[NH+]3CC[NH+](CC)CC3)c(O)n2n1. The smallest absolute Gasteiger partial charge is 0.235 e. The Morgan fingerprint density at radius 3 is 2.46 bits per heavy atom. The van der Waals surface area contributed by atoms with Crippen molar-refractivity contribution in [3.8, 4) is 11.6 Å². The van der Waals surface area contributed by atoms with Crippen molar-refractivity contribution in [2.75, 3.05) is 39.8 Å². The maximum absolute atomic E-state index is 11.0. The first-order valence-corrected chi connectivity index (χ1v) is 10.9. The first-order valence-electron chi connectivity index (χ1n) is 10.0. The number of hydrogen-bond donors (Lipinski definition) is 3. The summed E-state index contributed by atoms with van der Waals surface area (Å²) in [5, 5.41) is 15.4. The van der Waals surface area contributed by atoms with Gasteiger partial charge in [0.15, 0.2) is 11.9 Å². The van der Waals surface area contributed by atoms with Gasteiger partial charge in [-0.1, -0.05) is 18.3 Å². The molecule has 1 fully saturated rings. The highest BCUT2D eigenvalue weighted by atomic mass is 32.1. The van der Waals surface area contributed by atoms with Crippen molar-refractivity contribution >= 4 is 16.3 Å². The summed E-state index contributed by atoms with van der Waals surface area (Å²) >= 11 is 1.55. The van der Waals surface area contributed by atoms with E-state index in [9.17, 15) is 5.11 Å². The third kappa shape index (κ3) is 3.47. The minimum absolute atomic E-state index is 0.0721. The number of thiazole rings is 1. The topological polar surface area (TPSA) is 68.5 Å². The number of methoxy groups -OCH3 is 1. The van der Waals surface area contributed by atoms with Crippen molar-refractivity contribution in [3.05, 3.63) is 40.5 Å². The number of rotatable bonds is 6. The van der Waals surface area contributed by atoms with Gasteiger partial charge < -0.3 is 19.6 Å². The van der Waals surface area contributed by atoms with Crippen LogP contribution in [0.4, 0.5) is 0 Å². The Hall–Kier alpha value is -2.16. The third-order valence-corrected chi connectivity index (χ3v) is 6.86. The Bertz CT molecular complexity index is 928. The van der Waals surface area contributed by atoms with E-state index in [0.717, 1.165) is 54.0 Å². The van der Waals surface area contributed by atoms with E-state index in [1.165, 1.54) is 17.0 Å². The molecule has 4 rings (SSSR count). The van der Waals surface area contributed by atoms with Crippen LogP contribution >= 0.6 is 11.3 Å². The van der Waals surface area contributed by atoms with Crippen LogP contribution in [0.25, 0.3) is 4.96 Å². The summed E-state index contributed by atoms with van der Waals surface area (Å²) in [5.41, 5.74) is 1.19. The van der Waals surface area contributed by atoms with E-state index in [-0.39, 0.29) is 11.9 Å². The monoisotopic (exact) mass is 403 g/mol. The van der Waals surface area contributed by atoms with E-state index in [2.05, 4.69) is 29.1 Å². The summed E-state index contributed by atoms with van der Waals surface area (Å²) < 4.78 is 6.93. The average molecular weight is 404 g/mol. The van der Waals surface area contributed by atoms with E-state index in [0.29, 0.717) is 0 Å². The van der Waals surface area contributed by atoms with Crippen LogP contribution in [0.5, 0.6) is 11.6 Å². The molecule has 2 aromatic heterocycles. The molecule has 0 unspecified atom stereocenters. The van der Waals surface area contributed by atoms with Crippen molar-refractivity contribution in [2.45, 2.75) is 26.3 Å². The number of likely N-dealkylation sites (N-methyl/N-ethyl adjacent to an activating group) is 1. The largest absolute Gasteiger partial charge is 0.497 e. The number of quaternary nitrogens is 2. The summed E-state index contributed by atoms with van der Waals surface area (Å²) in [6.45, 7) is 9.90. The van der Waals surface area contributed by atoms with Crippen LogP contribution < -0.4 is 14.5 Å². The lowest BCUT2D eigenvalue weighted by atomic mass is 10.0. The van der Waals surface area contributed by atoms with Crippen LogP contribution in [0.15, 0.2) is 24.3 Å². The number of aromatic hydroxyl groups is 1. The minimum atomic E-state index is 0.0721. The number of nitrogens with zero attached hydrogens (tertiary/aromatic N) is 3. The normalized spacial score (nSPS) is 21.1. The molecule has 28 heavy (non-hydrogen) atoms. The quantitative estimate of drug-likeness (QED) is 0.540. The Balaban J connectivity index is 1.74. The van der Waals surface area contributed by atoms with Crippen LogP contribution in [0.3, 0.4) is 0 Å². The average Bonchev–Trinajstić information content (AvgIpc) is 3.28. The number of hydrogen-bond acceptors (Lipinski definition) is 5. The Labute approximate surface area is 169 Å². The van der Waals surface area contributed by atoms with Gasteiger partial charge in [-0.15, -0.1) is 5.10 Å². The molecule has 3 aromatic rings. The van der Waals surface area contributed by atoms with E-state index in [4.69, 9.17) is 4.74 Å². The number of nitrogens with one attached hydrogen (secondary N) is 2. The molecule has 0 spiro atoms. The molecule has 1 aliphatic rings. The zero-order valence-electron chi connectivity index (χ0n) is 16.7. The van der Waals surface area contributed by atoms with Crippen LogP contribution in [0.2, 0.25) is 0 Å². The number of fused-ring (bicyclic) bond motifs is 1. The Kier molecular flexibility index (Phi) is 5.52. The molecule has 7 nitrogen and oxygen atoms in total. The molecule has 0 radical (unpaired) electrons. The number of benzene rings is 1. The molecule has 1 atom stereocenters. The van der Waals surface area contributed by atoms with E-state index in [1.807, 2.05) is 19.1 Å². The first kappa shape index (κ1) is 19.2. The molecule has 150 valence electrons. The van der Waals surface area contributed by atoms with Crippen molar-refractivity contribution in [2.24, 2.45) is 0 Å². The summed E-state index contributed by atoms with van der Waals surface area (Å²) in [4.78, 5) is 9.40. The van der Waals surface area contributed by atoms with Crippen LogP contribution in [0, 0.1) is 0 Å². The van der Waals surface area contributed by atoms with Crippen molar-refractivity contribution in [3.63, 3.8) is 0 Å². The molecular weight excluding hydrogens is 374 g/mol. The predicted octanol–water partition coefficient (Wildman–Crippen LogP) is -0.0399. The van der Waals surface area contributed by atoms with Gasteiger partial charge in [-0.25, -0.2) is 4.98 Å². The lowest BCUT2D eigenvalue weighted by molar-refractivity contribution is -1.02. The fraction of sp³-hybridized carbons (Fsp3) is 0.500. The number of aryl methyl sites for hydroxylation is 1. The van der Waals surface area contributed by atoms with E-state index >= 15 is 0 Å². The number of aromatic nitrogens is 3. The molecule has 0 aliphatic carbocycles. The van der Waals surface area contributed by atoms with Crippen LogP contribution in [0.1, 0.15) is 36.2 Å². The summed E-state index contributed by atoms with van der Waals surface area (Å²) in [5.74, 6) is 1.84. The summed E-state index contributed by atoms with van der Waals surface area (Å²) in [6, 6.07) is 8.30. The first-order chi connectivity index (χ1) is 13.6. The highest BCUT2D eigenvalue weighted by molar-refractivity contribution is 7.17. The molecule has 0 amide bonds. The molecular formula is C20H29N5O2S+2. The van der Waals surface area contributed by atoms with Gasteiger partial charge >= 0.3 is 0 Å². The Morgan fingerprint density at radius 2 is 1.89 bits per heavy atom. The summed E-state index contributed by atoms with van der Waals surface area (Å²) in [6.07, 6.45) is 0.762. The fourth-order valence-corrected chi connectivity index (χ4v) is 5.22. The zero-order chi connectivity index (χ0) is 19.7. The molecule has 0 bridgehead atoms. The molecule has 3 heterocycles. The minimum Gasteiger partial charge on any atom is -0.497 e. The number of ether oxygens (including phenoxy) is 1. The second-order valence-corrected chi connectivity index (χ2v) is 8.34. The second-order valence-electron chi connectivity index (χ2n) is 7.33. The second kappa shape index (κ2) is 8.06. The van der Waals surface area contributed by atoms with Gasteiger partial charge in [0, 0.05) is 12.0 Å². The molecule has 1 aromatic carbocycles. The molecule has 0 saturated carbocycles. The molecule has 8 heteroatoms. The fourth-order valence-electron chi connectivity index (χ4n) is 4.06. The lowest BCUT2D eigenvalue weighted by Crippen LogP contribution is -3.28. The standard InChI is InChI=1S/C20H27N5O2S/c1-4-16-21-20-25(22-16)19(26)18(28-20)17(14-6-8-15(27-3)9-7-14)24-12-10-23(5-2)11-13-24/h6-9,17,26H,4-5,10-13H2,1-3H3/p+2/t17-/m1/s1. The highest BCUT2D eigenvalue weighted by Gasteiger charge is 2.35. The van der Waals surface area contributed by atoms with Crippen LogP contribution in [-0.4, -0.2) is 59.5 Å². The van der Waals surface area contributed by atoms with Gasteiger partial charge in [-0.2, -0.15) is 4.52 Å². The lowest BCUT2D eigenvalue weighted by Gasteiger charge is -2.34. The van der Waals surface area contributed by atoms with Crippen molar-refractivity contribution < 1.29 is 19.6 Å². The zero-order valence-corrected chi connectivity index (χ0v) is 17.6. The van der Waals surface area contributed by atoms with Gasteiger partial charge in [0.2, 0.25) is 10.8 Å². The maximum Gasteiger partial charge on any atom is 0.235 e.